The molecule has 0 atom stereocenters. The molecular formula is C16H11F4NO. The maximum atomic E-state index is 13.3. The largest absolute Gasteiger partial charge is 0.416 e. The summed E-state index contributed by atoms with van der Waals surface area (Å²) in [6.45, 7) is 0. The Bertz CT molecular complexity index is 707. The fourth-order valence-corrected chi connectivity index (χ4v) is 1.73. The standard InChI is InChI=1S/C16H11F4NO/c17-13-6-1-2-7-14(13)21-15(22)9-8-11-4-3-5-12(10-11)16(18,19)20/h1-10H,(H,21,22). The van der Waals surface area contributed by atoms with Crippen molar-refractivity contribution in [1.29, 1.82) is 0 Å². The minimum Gasteiger partial charge on any atom is -0.320 e. The van der Waals surface area contributed by atoms with E-state index in [9.17, 15) is 22.4 Å². The van der Waals surface area contributed by atoms with Gasteiger partial charge in [0, 0.05) is 6.08 Å². The zero-order valence-corrected chi connectivity index (χ0v) is 11.2. The predicted octanol–water partition coefficient (Wildman–Crippen LogP) is 4.50. The smallest absolute Gasteiger partial charge is 0.320 e. The summed E-state index contributed by atoms with van der Waals surface area (Å²) in [6.07, 6.45) is -2.17. The lowest BCUT2D eigenvalue weighted by Gasteiger charge is -2.06. The number of nitrogens with one attached hydrogen (secondary N) is 1. The molecule has 0 radical (unpaired) electrons. The number of hydrogen-bond donors (Lipinski definition) is 1. The third-order valence-corrected chi connectivity index (χ3v) is 2.77. The Morgan fingerprint density at radius 2 is 1.77 bits per heavy atom. The number of carbonyl (C=O) groups is 1. The second-order valence-corrected chi connectivity index (χ2v) is 4.43. The lowest BCUT2D eigenvalue weighted by atomic mass is 10.1. The van der Waals surface area contributed by atoms with Gasteiger partial charge in [-0.15, -0.1) is 0 Å². The second kappa shape index (κ2) is 6.43. The van der Waals surface area contributed by atoms with E-state index in [0.717, 1.165) is 18.2 Å². The van der Waals surface area contributed by atoms with Gasteiger partial charge in [-0.2, -0.15) is 13.2 Å². The number of carbonyl (C=O) groups excluding carboxylic acids is 1. The molecule has 0 unspecified atom stereocenters. The molecule has 114 valence electrons. The van der Waals surface area contributed by atoms with E-state index in [-0.39, 0.29) is 11.3 Å². The molecule has 0 saturated heterocycles. The van der Waals surface area contributed by atoms with Crippen LogP contribution in [0.5, 0.6) is 0 Å². The number of anilines is 1. The number of hydrogen-bond acceptors (Lipinski definition) is 1. The molecule has 2 rings (SSSR count). The molecule has 0 aromatic heterocycles. The highest BCUT2D eigenvalue weighted by Gasteiger charge is 2.30. The van der Waals surface area contributed by atoms with Gasteiger partial charge in [0.15, 0.2) is 0 Å². The van der Waals surface area contributed by atoms with Crippen LogP contribution in [0.4, 0.5) is 23.2 Å². The van der Waals surface area contributed by atoms with Crippen LogP contribution in [-0.2, 0) is 11.0 Å². The van der Waals surface area contributed by atoms with Gasteiger partial charge < -0.3 is 5.32 Å². The van der Waals surface area contributed by atoms with E-state index in [1.54, 1.807) is 6.07 Å². The van der Waals surface area contributed by atoms with E-state index >= 15 is 0 Å². The van der Waals surface area contributed by atoms with Gasteiger partial charge in [0.05, 0.1) is 11.3 Å². The highest BCUT2D eigenvalue weighted by Crippen LogP contribution is 2.29. The Morgan fingerprint density at radius 1 is 1.05 bits per heavy atom. The number of alkyl halides is 3. The van der Waals surface area contributed by atoms with Crippen LogP contribution >= 0.6 is 0 Å². The van der Waals surface area contributed by atoms with E-state index in [1.807, 2.05) is 0 Å². The van der Waals surface area contributed by atoms with Crippen LogP contribution in [-0.4, -0.2) is 5.91 Å². The molecule has 0 spiro atoms. The van der Waals surface area contributed by atoms with Crippen molar-refractivity contribution in [3.05, 3.63) is 71.6 Å². The van der Waals surface area contributed by atoms with Crippen LogP contribution in [0.2, 0.25) is 0 Å². The molecule has 2 aromatic carbocycles. The molecular weight excluding hydrogens is 298 g/mol. The maximum absolute atomic E-state index is 13.3. The summed E-state index contributed by atoms with van der Waals surface area (Å²) < 4.78 is 51.0. The quantitative estimate of drug-likeness (QED) is 0.656. The molecule has 1 N–H and O–H groups in total. The summed E-state index contributed by atoms with van der Waals surface area (Å²) in [7, 11) is 0. The minimum atomic E-state index is -4.45. The van der Waals surface area contributed by atoms with Crippen LogP contribution in [0.1, 0.15) is 11.1 Å². The van der Waals surface area contributed by atoms with Crippen molar-refractivity contribution in [2.24, 2.45) is 0 Å². The average molecular weight is 309 g/mol. The van der Waals surface area contributed by atoms with Gasteiger partial charge >= 0.3 is 6.18 Å². The van der Waals surface area contributed by atoms with E-state index in [1.165, 1.54) is 36.4 Å². The number of rotatable bonds is 3. The van der Waals surface area contributed by atoms with Crippen LogP contribution < -0.4 is 5.32 Å². The van der Waals surface area contributed by atoms with Gasteiger partial charge in [-0.25, -0.2) is 4.39 Å². The molecule has 0 aliphatic heterocycles. The molecule has 0 aliphatic rings. The van der Waals surface area contributed by atoms with Crippen molar-refractivity contribution in [2.45, 2.75) is 6.18 Å². The molecule has 1 amide bonds. The molecule has 2 aromatic rings. The Balaban J connectivity index is 2.09. The van der Waals surface area contributed by atoms with Gasteiger partial charge in [0.2, 0.25) is 5.91 Å². The fourth-order valence-electron chi connectivity index (χ4n) is 1.73. The third-order valence-electron chi connectivity index (χ3n) is 2.77. The van der Waals surface area contributed by atoms with Crippen molar-refractivity contribution in [2.75, 3.05) is 5.32 Å². The molecule has 0 aliphatic carbocycles. The lowest BCUT2D eigenvalue weighted by Crippen LogP contribution is -2.09. The summed E-state index contributed by atoms with van der Waals surface area (Å²) in [4.78, 5) is 11.6. The first-order chi connectivity index (χ1) is 10.4. The Kier molecular flexibility index (Phi) is 4.60. The zero-order chi connectivity index (χ0) is 16.2. The Morgan fingerprint density at radius 3 is 2.45 bits per heavy atom. The summed E-state index contributed by atoms with van der Waals surface area (Å²) in [6, 6.07) is 10.1. The highest BCUT2D eigenvalue weighted by molar-refractivity contribution is 6.01. The number of para-hydroxylation sites is 1. The molecule has 0 fully saturated rings. The van der Waals surface area contributed by atoms with Crippen molar-refractivity contribution < 1.29 is 22.4 Å². The Labute approximate surface area is 124 Å². The van der Waals surface area contributed by atoms with E-state index < -0.39 is 23.5 Å². The highest BCUT2D eigenvalue weighted by atomic mass is 19.4. The first-order valence-corrected chi connectivity index (χ1v) is 6.27. The summed E-state index contributed by atoms with van der Waals surface area (Å²) in [5.41, 5.74) is -0.580. The number of benzene rings is 2. The summed E-state index contributed by atoms with van der Waals surface area (Å²) in [5.74, 6) is -1.23. The van der Waals surface area contributed by atoms with E-state index in [4.69, 9.17) is 0 Å². The van der Waals surface area contributed by atoms with Crippen LogP contribution in [0.25, 0.3) is 6.08 Å². The van der Waals surface area contributed by atoms with Crippen molar-refractivity contribution in [3.8, 4) is 0 Å². The minimum absolute atomic E-state index is 0.00110. The topological polar surface area (TPSA) is 29.1 Å². The monoisotopic (exact) mass is 309 g/mol. The molecule has 0 bridgehead atoms. The van der Waals surface area contributed by atoms with Crippen LogP contribution in [0, 0.1) is 5.82 Å². The van der Waals surface area contributed by atoms with Gasteiger partial charge in [-0.05, 0) is 35.9 Å². The average Bonchev–Trinajstić information content (AvgIpc) is 2.47. The first kappa shape index (κ1) is 15.8. The first-order valence-electron chi connectivity index (χ1n) is 6.27. The molecule has 22 heavy (non-hydrogen) atoms. The van der Waals surface area contributed by atoms with Gasteiger partial charge in [0.1, 0.15) is 5.82 Å². The zero-order valence-electron chi connectivity index (χ0n) is 11.2. The van der Waals surface area contributed by atoms with Crippen molar-refractivity contribution in [3.63, 3.8) is 0 Å². The summed E-state index contributed by atoms with van der Waals surface area (Å²) >= 11 is 0. The van der Waals surface area contributed by atoms with Crippen LogP contribution in [0.3, 0.4) is 0 Å². The normalized spacial score (nSPS) is 11.6. The van der Waals surface area contributed by atoms with Crippen molar-refractivity contribution >= 4 is 17.7 Å². The predicted molar refractivity (Wildman–Crippen MR) is 75.5 cm³/mol. The van der Waals surface area contributed by atoms with Gasteiger partial charge in [-0.1, -0.05) is 24.3 Å². The summed E-state index contributed by atoms with van der Waals surface area (Å²) in [5, 5.41) is 2.30. The SMILES string of the molecule is O=C(C=Cc1cccc(C(F)(F)F)c1)Nc1ccccc1F. The second-order valence-electron chi connectivity index (χ2n) is 4.43. The van der Waals surface area contributed by atoms with E-state index in [2.05, 4.69) is 5.32 Å². The van der Waals surface area contributed by atoms with Gasteiger partial charge in [-0.3, -0.25) is 4.79 Å². The number of halogens is 4. The number of amides is 1. The Hall–Kier alpha value is -2.63. The lowest BCUT2D eigenvalue weighted by molar-refractivity contribution is -0.137. The fraction of sp³-hybridized carbons (Fsp3) is 0.0625. The molecule has 6 heteroatoms. The molecule has 0 saturated carbocycles. The van der Waals surface area contributed by atoms with Crippen molar-refractivity contribution in [1.82, 2.24) is 0 Å². The third kappa shape index (κ3) is 4.18. The molecule has 0 heterocycles. The van der Waals surface area contributed by atoms with Crippen LogP contribution in [0.15, 0.2) is 54.6 Å². The maximum Gasteiger partial charge on any atom is 0.416 e. The molecule has 2 nitrogen and oxygen atoms in total. The van der Waals surface area contributed by atoms with E-state index in [0.29, 0.717) is 0 Å². The van der Waals surface area contributed by atoms with Gasteiger partial charge in [0.25, 0.3) is 0 Å².